The highest BCUT2D eigenvalue weighted by Crippen LogP contribution is 2.33. The molecule has 1 aromatic heterocycles. The average Bonchev–Trinajstić information content (AvgIpc) is 2.46. The quantitative estimate of drug-likeness (QED) is 0.862. The SMILES string of the molecule is CCC1CCCC(C(O)CCc2ccccn2)C1. The van der Waals surface area contributed by atoms with Crippen molar-refractivity contribution >= 4 is 0 Å². The Morgan fingerprint density at radius 1 is 1.39 bits per heavy atom. The molecule has 0 amide bonds. The third-order valence-electron chi connectivity index (χ3n) is 4.37. The summed E-state index contributed by atoms with van der Waals surface area (Å²) in [6.45, 7) is 2.27. The van der Waals surface area contributed by atoms with Crippen LogP contribution in [0.4, 0.5) is 0 Å². The zero-order valence-electron chi connectivity index (χ0n) is 11.4. The average molecular weight is 247 g/mol. The molecule has 2 nitrogen and oxygen atoms in total. The maximum absolute atomic E-state index is 10.3. The molecule has 1 heterocycles. The number of aliphatic hydroxyl groups excluding tert-OH is 1. The summed E-state index contributed by atoms with van der Waals surface area (Å²) in [5, 5.41) is 10.3. The normalized spacial score (nSPS) is 25.9. The molecule has 2 heteroatoms. The van der Waals surface area contributed by atoms with Gasteiger partial charge in [-0.05, 0) is 49.7 Å². The highest BCUT2D eigenvalue weighted by atomic mass is 16.3. The highest BCUT2D eigenvalue weighted by molar-refractivity contribution is 5.03. The van der Waals surface area contributed by atoms with Crippen molar-refractivity contribution in [2.75, 3.05) is 0 Å². The molecule has 0 spiro atoms. The molecule has 18 heavy (non-hydrogen) atoms. The van der Waals surface area contributed by atoms with Crippen molar-refractivity contribution in [3.8, 4) is 0 Å². The number of hydrogen-bond acceptors (Lipinski definition) is 2. The van der Waals surface area contributed by atoms with Gasteiger partial charge in [0.1, 0.15) is 0 Å². The van der Waals surface area contributed by atoms with Crippen molar-refractivity contribution in [3.05, 3.63) is 30.1 Å². The van der Waals surface area contributed by atoms with Crippen LogP contribution in [0.2, 0.25) is 0 Å². The van der Waals surface area contributed by atoms with E-state index in [2.05, 4.69) is 11.9 Å². The van der Waals surface area contributed by atoms with Gasteiger partial charge in [0.15, 0.2) is 0 Å². The molecule has 0 saturated heterocycles. The van der Waals surface area contributed by atoms with Crippen LogP contribution in [0.3, 0.4) is 0 Å². The third-order valence-corrected chi connectivity index (χ3v) is 4.37. The molecule has 1 N–H and O–H groups in total. The molecular weight excluding hydrogens is 222 g/mol. The Balaban J connectivity index is 1.79. The van der Waals surface area contributed by atoms with E-state index < -0.39 is 0 Å². The van der Waals surface area contributed by atoms with Gasteiger partial charge in [0.25, 0.3) is 0 Å². The van der Waals surface area contributed by atoms with Gasteiger partial charge < -0.3 is 5.11 Å². The zero-order chi connectivity index (χ0) is 12.8. The minimum atomic E-state index is -0.138. The van der Waals surface area contributed by atoms with Crippen LogP contribution in [0, 0.1) is 11.8 Å². The lowest BCUT2D eigenvalue weighted by Crippen LogP contribution is -2.27. The van der Waals surface area contributed by atoms with Crippen LogP contribution < -0.4 is 0 Å². The molecule has 0 aromatic carbocycles. The maximum Gasteiger partial charge on any atom is 0.0572 e. The first kappa shape index (κ1) is 13.5. The number of aryl methyl sites for hydroxylation is 1. The molecule has 100 valence electrons. The van der Waals surface area contributed by atoms with Gasteiger partial charge in [-0.15, -0.1) is 0 Å². The van der Waals surface area contributed by atoms with Crippen molar-refractivity contribution in [1.82, 2.24) is 4.98 Å². The predicted octanol–water partition coefficient (Wildman–Crippen LogP) is 3.59. The fourth-order valence-electron chi connectivity index (χ4n) is 3.13. The first-order valence-corrected chi connectivity index (χ1v) is 7.37. The molecule has 3 unspecified atom stereocenters. The number of rotatable bonds is 5. The molecule has 0 aliphatic heterocycles. The first-order chi connectivity index (χ1) is 8.79. The topological polar surface area (TPSA) is 33.1 Å². The highest BCUT2D eigenvalue weighted by Gasteiger charge is 2.26. The van der Waals surface area contributed by atoms with Crippen molar-refractivity contribution in [2.24, 2.45) is 11.8 Å². The summed E-state index contributed by atoms with van der Waals surface area (Å²) in [5.74, 6) is 1.36. The Labute approximate surface area is 110 Å². The largest absolute Gasteiger partial charge is 0.393 e. The molecule has 1 fully saturated rings. The number of aliphatic hydroxyl groups is 1. The Hall–Kier alpha value is -0.890. The van der Waals surface area contributed by atoms with Crippen LogP contribution in [-0.2, 0) is 6.42 Å². The minimum absolute atomic E-state index is 0.138. The third kappa shape index (κ3) is 3.81. The van der Waals surface area contributed by atoms with Crippen LogP contribution in [0.25, 0.3) is 0 Å². The van der Waals surface area contributed by atoms with E-state index in [1.807, 2.05) is 24.4 Å². The van der Waals surface area contributed by atoms with E-state index >= 15 is 0 Å². The fourth-order valence-corrected chi connectivity index (χ4v) is 3.13. The lowest BCUT2D eigenvalue weighted by molar-refractivity contribution is 0.0616. The molecule has 1 aromatic rings. The summed E-state index contributed by atoms with van der Waals surface area (Å²) in [4.78, 5) is 4.32. The second kappa shape index (κ2) is 6.89. The Morgan fingerprint density at radius 2 is 2.28 bits per heavy atom. The zero-order valence-corrected chi connectivity index (χ0v) is 11.4. The van der Waals surface area contributed by atoms with Gasteiger partial charge >= 0.3 is 0 Å². The van der Waals surface area contributed by atoms with Crippen LogP contribution in [-0.4, -0.2) is 16.2 Å². The fraction of sp³-hybridized carbons (Fsp3) is 0.688. The minimum Gasteiger partial charge on any atom is -0.393 e. The van der Waals surface area contributed by atoms with Crippen molar-refractivity contribution in [3.63, 3.8) is 0 Å². The Bertz CT molecular complexity index is 338. The molecule has 0 radical (unpaired) electrons. The van der Waals surface area contributed by atoms with Gasteiger partial charge in [0, 0.05) is 11.9 Å². The summed E-state index contributed by atoms with van der Waals surface area (Å²) in [6.07, 6.45) is 9.80. The summed E-state index contributed by atoms with van der Waals surface area (Å²) in [6, 6.07) is 6.00. The molecule has 1 saturated carbocycles. The van der Waals surface area contributed by atoms with E-state index in [-0.39, 0.29) is 6.10 Å². The monoisotopic (exact) mass is 247 g/mol. The summed E-state index contributed by atoms with van der Waals surface area (Å²) >= 11 is 0. The number of nitrogens with zero attached hydrogens (tertiary/aromatic N) is 1. The smallest absolute Gasteiger partial charge is 0.0572 e. The second-order valence-electron chi connectivity index (χ2n) is 5.63. The summed E-state index contributed by atoms with van der Waals surface area (Å²) < 4.78 is 0. The van der Waals surface area contributed by atoms with E-state index in [1.165, 1.54) is 32.1 Å². The maximum atomic E-state index is 10.3. The van der Waals surface area contributed by atoms with Crippen LogP contribution >= 0.6 is 0 Å². The second-order valence-corrected chi connectivity index (χ2v) is 5.63. The van der Waals surface area contributed by atoms with Crippen LogP contribution in [0.15, 0.2) is 24.4 Å². The Morgan fingerprint density at radius 3 is 3.00 bits per heavy atom. The molecule has 1 aliphatic carbocycles. The summed E-state index contributed by atoms with van der Waals surface area (Å²) in [7, 11) is 0. The Kier molecular flexibility index (Phi) is 5.18. The molecule has 1 aliphatic rings. The first-order valence-electron chi connectivity index (χ1n) is 7.37. The van der Waals surface area contributed by atoms with E-state index in [9.17, 15) is 5.11 Å². The van der Waals surface area contributed by atoms with Gasteiger partial charge in [-0.3, -0.25) is 4.98 Å². The van der Waals surface area contributed by atoms with E-state index in [4.69, 9.17) is 0 Å². The van der Waals surface area contributed by atoms with Crippen LogP contribution in [0.5, 0.6) is 0 Å². The molecule has 2 rings (SSSR count). The van der Waals surface area contributed by atoms with E-state index in [0.717, 1.165) is 24.5 Å². The number of hydrogen-bond donors (Lipinski definition) is 1. The van der Waals surface area contributed by atoms with E-state index in [1.54, 1.807) is 0 Å². The van der Waals surface area contributed by atoms with Crippen LogP contribution in [0.1, 0.15) is 51.1 Å². The van der Waals surface area contributed by atoms with Gasteiger partial charge in [-0.2, -0.15) is 0 Å². The van der Waals surface area contributed by atoms with E-state index in [0.29, 0.717) is 5.92 Å². The molecular formula is C16H25NO. The van der Waals surface area contributed by atoms with Gasteiger partial charge in [0.2, 0.25) is 0 Å². The van der Waals surface area contributed by atoms with Crippen molar-refractivity contribution in [1.29, 1.82) is 0 Å². The van der Waals surface area contributed by atoms with Crippen molar-refractivity contribution < 1.29 is 5.11 Å². The summed E-state index contributed by atoms with van der Waals surface area (Å²) in [5.41, 5.74) is 1.10. The molecule has 0 bridgehead atoms. The predicted molar refractivity (Wildman–Crippen MR) is 74.3 cm³/mol. The van der Waals surface area contributed by atoms with Gasteiger partial charge in [-0.25, -0.2) is 0 Å². The van der Waals surface area contributed by atoms with Crippen molar-refractivity contribution in [2.45, 2.75) is 58.0 Å². The number of pyridine rings is 1. The lowest BCUT2D eigenvalue weighted by Gasteiger charge is -2.31. The van der Waals surface area contributed by atoms with Gasteiger partial charge in [-0.1, -0.05) is 32.3 Å². The molecule has 3 atom stereocenters. The number of aromatic nitrogens is 1. The standard InChI is InChI=1S/C16H25NO/c1-2-13-6-5-7-14(12-13)16(18)10-9-15-8-3-4-11-17-15/h3-4,8,11,13-14,16,18H,2,5-7,9-10,12H2,1H3. The van der Waals surface area contributed by atoms with Gasteiger partial charge in [0.05, 0.1) is 6.10 Å². The lowest BCUT2D eigenvalue weighted by atomic mass is 9.77.